The molecule has 0 aliphatic rings. The van der Waals surface area contributed by atoms with Gasteiger partial charge in [-0.2, -0.15) is 0 Å². The number of rotatable bonds is 2. The van der Waals surface area contributed by atoms with Gasteiger partial charge in [-0.1, -0.05) is 11.6 Å². The van der Waals surface area contributed by atoms with Crippen LogP contribution in [-0.2, 0) is 0 Å². The average Bonchev–Trinajstić information content (AvgIpc) is 2.36. The molecule has 104 valence electrons. The van der Waals surface area contributed by atoms with Crippen molar-refractivity contribution < 1.29 is 13.6 Å². The SMILES string of the molecule is Nc1cc(F)cc(F)c1NC(=O)c1ccc(Cl)c(Br)c1. The Labute approximate surface area is 126 Å². The van der Waals surface area contributed by atoms with Gasteiger partial charge in [0.25, 0.3) is 5.91 Å². The van der Waals surface area contributed by atoms with E-state index in [1.807, 2.05) is 0 Å². The van der Waals surface area contributed by atoms with Crippen LogP contribution in [0.4, 0.5) is 20.2 Å². The third-order valence-electron chi connectivity index (χ3n) is 2.51. The van der Waals surface area contributed by atoms with Gasteiger partial charge >= 0.3 is 0 Å². The van der Waals surface area contributed by atoms with Crippen molar-refractivity contribution in [1.29, 1.82) is 0 Å². The highest BCUT2D eigenvalue weighted by Gasteiger charge is 2.14. The first-order chi connectivity index (χ1) is 9.38. The molecule has 2 rings (SSSR count). The van der Waals surface area contributed by atoms with Crippen LogP contribution in [0, 0.1) is 11.6 Å². The third kappa shape index (κ3) is 3.08. The van der Waals surface area contributed by atoms with E-state index < -0.39 is 17.5 Å². The van der Waals surface area contributed by atoms with Crippen molar-refractivity contribution in [2.24, 2.45) is 0 Å². The lowest BCUT2D eigenvalue weighted by Crippen LogP contribution is -2.14. The molecule has 0 atom stereocenters. The summed E-state index contributed by atoms with van der Waals surface area (Å²) >= 11 is 8.99. The van der Waals surface area contributed by atoms with Crippen LogP contribution in [0.5, 0.6) is 0 Å². The van der Waals surface area contributed by atoms with E-state index in [4.69, 9.17) is 17.3 Å². The van der Waals surface area contributed by atoms with E-state index in [1.165, 1.54) is 18.2 Å². The van der Waals surface area contributed by atoms with E-state index >= 15 is 0 Å². The smallest absolute Gasteiger partial charge is 0.255 e. The Morgan fingerprint density at radius 1 is 1.25 bits per heavy atom. The van der Waals surface area contributed by atoms with Crippen LogP contribution >= 0.6 is 27.5 Å². The minimum Gasteiger partial charge on any atom is -0.397 e. The van der Waals surface area contributed by atoms with Gasteiger partial charge in [0.05, 0.1) is 10.7 Å². The Kier molecular flexibility index (Phi) is 4.25. The first-order valence-electron chi connectivity index (χ1n) is 5.39. The van der Waals surface area contributed by atoms with E-state index in [0.717, 1.165) is 6.07 Å². The Balaban J connectivity index is 2.30. The number of carbonyl (C=O) groups excluding carboxylic acids is 1. The van der Waals surface area contributed by atoms with E-state index in [-0.39, 0.29) is 16.9 Å². The zero-order valence-corrected chi connectivity index (χ0v) is 12.2. The highest BCUT2D eigenvalue weighted by atomic mass is 79.9. The van der Waals surface area contributed by atoms with Crippen molar-refractivity contribution in [3.63, 3.8) is 0 Å². The molecule has 0 spiro atoms. The first-order valence-corrected chi connectivity index (χ1v) is 6.56. The number of halogens is 4. The van der Waals surface area contributed by atoms with E-state index in [9.17, 15) is 13.6 Å². The molecular weight excluding hydrogens is 354 g/mol. The molecule has 0 heterocycles. The second kappa shape index (κ2) is 5.76. The van der Waals surface area contributed by atoms with Crippen molar-refractivity contribution in [2.45, 2.75) is 0 Å². The molecule has 0 saturated carbocycles. The minimum absolute atomic E-state index is 0.191. The van der Waals surface area contributed by atoms with Gasteiger partial charge in [-0.3, -0.25) is 4.79 Å². The molecule has 0 radical (unpaired) electrons. The summed E-state index contributed by atoms with van der Waals surface area (Å²) in [5, 5.41) is 2.74. The molecule has 0 saturated heterocycles. The van der Waals surface area contributed by atoms with Gasteiger partial charge in [-0.25, -0.2) is 8.78 Å². The van der Waals surface area contributed by atoms with Crippen molar-refractivity contribution in [2.75, 3.05) is 11.1 Å². The van der Waals surface area contributed by atoms with Crippen LogP contribution in [-0.4, -0.2) is 5.91 Å². The molecule has 20 heavy (non-hydrogen) atoms. The fourth-order valence-electron chi connectivity index (χ4n) is 1.55. The number of nitrogens with two attached hydrogens (primary N) is 1. The van der Waals surface area contributed by atoms with E-state index in [1.54, 1.807) is 0 Å². The predicted octanol–water partition coefficient (Wildman–Crippen LogP) is 4.22. The van der Waals surface area contributed by atoms with Crippen molar-refractivity contribution in [3.05, 3.63) is 57.0 Å². The van der Waals surface area contributed by atoms with Crippen LogP contribution in [0.3, 0.4) is 0 Å². The highest BCUT2D eigenvalue weighted by Crippen LogP contribution is 2.26. The summed E-state index contributed by atoms with van der Waals surface area (Å²) < 4.78 is 27.0. The van der Waals surface area contributed by atoms with E-state index in [2.05, 4.69) is 21.2 Å². The zero-order valence-electron chi connectivity index (χ0n) is 9.88. The molecule has 3 nitrogen and oxygen atoms in total. The third-order valence-corrected chi connectivity index (χ3v) is 3.72. The Morgan fingerprint density at radius 3 is 2.55 bits per heavy atom. The van der Waals surface area contributed by atoms with E-state index in [0.29, 0.717) is 15.6 Å². The topological polar surface area (TPSA) is 55.1 Å². The monoisotopic (exact) mass is 360 g/mol. The van der Waals surface area contributed by atoms with Gasteiger partial charge in [0, 0.05) is 16.1 Å². The van der Waals surface area contributed by atoms with Crippen LogP contribution in [0.1, 0.15) is 10.4 Å². The number of hydrogen-bond donors (Lipinski definition) is 2. The Hall–Kier alpha value is -1.66. The van der Waals surface area contributed by atoms with Crippen LogP contribution < -0.4 is 11.1 Å². The quantitative estimate of drug-likeness (QED) is 0.787. The average molecular weight is 362 g/mol. The van der Waals surface area contributed by atoms with Gasteiger partial charge < -0.3 is 11.1 Å². The first kappa shape index (κ1) is 14.7. The number of hydrogen-bond acceptors (Lipinski definition) is 2. The summed E-state index contributed by atoms with van der Waals surface area (Å²) in [4.78, 5) is 12.0. The van der Waals surface area contributed by atoms with Crippen LogP contribution in [0.2, 0.25) is 5.02 Å². The lowest BCUT2D eigenvalue weighted by atomic mass is 10.2. The van der Waals surface area contributed by atoms with Crippen molar-refractivity contribution in [1.82, 2.24) is 0 Å². The molecule has 0 aliphatic carbocycles. The highest BCUT2D eigenvalue weighted by molar-refractivity contribution is 9.10. The maximum absolute atomic E-state index is 13.6. The number of nitrogens with one attached hydrogen (secondary N) is 1. The van der Waals surface area contributed by atoms with Crippen molar-refractivity contribution >= 4 is 44.8 Å². The Morgan fingerprint density at radius 2 is 1.95 bits per heavy atom. The summed E-state index contributed by atoms with van der Waals surface area (Å²) in [6.45, 7) is 0. The molecular formula is C13H8BrClF2N2O. The number of nitrogen functional groups attached to an aromatic ring is 1. The van der Waals surface area contributed by atoms with Gasteiger partial charge in [-0.05, 0) is 40.2 Å². The standard InChI is InChI=1S/C13H8BrClF2N2O/c14-8-3-6(1-2-9(8)15)13(20)19-12-10(17)4-7(16)5-11(12)18/h1-5H,18H2,(H,19,20). The van der Waals surface area contributed by atoms with Crippen LogP contribution in [0.15, 0.2) is 34.8 Å². The summed E-state index contributed by atoms with van der Waals surface area (Å²) in [5.41, 5.74) is 5.28. The van der Waals surface area contributed by atoms with Crippen molar-refractivity contribution in [3.8, 4) is 0 Å². The molecule has 3 N–H and O–H groups in total. The minimum atomic E-state index is -0.941. The lowest BCUT2D eigenvalue weighted by molar-refractivity contribution is 0.102. The molecule has 0 bridgehead atoms. The van der Waals surface area contributed by atoms with Gasteiger partial charge in [0.15, 0.2) is 5.82 Å². The number of amides is 1. The zero-order chi connectivity index (χ0) is 14.9. The number of carbonyl (C=O) groups is 1. The second-order valence-corrected chi connectivity index (χ2v) is 5.20. The van der Waals surface area contributed by atoms with Gasteiger partial charge in [-0.15, -0.1) is 0 Å². The molecule has 0 aromatic heterocycles. The maximum Gasteiger partial charge on any atom is 0.255 e. The molecule has 0 aliphatic heterocycles. The maximum atomic E-state index is 13.6. The fourth-order valence-corrected chi connectivity index (χ4v) is 2.04. The van der Waals surface area contributed by atoms with Crippen LogP contribution in [0.25, 0.3) is 0 Å². The summed E-state index contributed by atoms with van der Waals surface area (Å²) in [6, 6.07) is 6.04. The summed E-state index contributed by atoms with van der Waals surface area (Å²) in [7, 11) is 0. The molecule has 0 fully saturated rings. The molecule has 2 aromatic carbocycles. The molecule has 0 unspecified atom stereocenters. The summed E-state index contributed by atoms with van der Waals surface area (Å²) in [5.74, 6) is -2.34. The molecule has 2 aromatic rings. The summed E-state index contributed by atoms with van der Waals surface area (Å²) in [6.07, 6.45) is 0. The second-order valence-electron chi connectivity index (χ2n) is 3.93. The largest absolute Gasteiger partial charge is 0.397 e. The van der Waals surface area contributed by atoms with Gasteiger partial charge in [0.1, 0.15) is 11.5 Å². The van der Waals surface area contributed by atoms with Gasteiger partial charge in [0.2, 0.25) is 0 Å². The molecule has 1 amide bonds. The normalized spacial score (nSPS) is 10.4. The predicted molar refractivity (Wildman–Crippen MR) is 77.9 cm³/mol. The Bertz CT molecular complexity index is 671. The molecule has 7 heteroatoms. The lowest BCUT2D eigenvalue weighted by Gasteiger charge is -2.10. The fraction of sp³-hybridized carbons (Fsp3) is 0. The number of benzene rings is 2. The number of anilines is 2.